The summed E-state index contributed by atoms with van der Waals surface area (Å²) in [7, 11) is 0. The number of hydrogen-bond acceptors (Lipinski definition) is 4. The molecule has 2 aliphatic carbocycles. The molecule has 0 unspecified atom stereocenters. The Labute approximate surface area is 141 Å². The van der Waals surface area contributed by atoms with Crippen LogP contribution in [0.15, 0.2) is 12.2 Å². The normalized spacial score (nSPS) is 35.7. The van der Waals surface area contributed by atoms with Crippen LogP contribution in [-0.2, 0) is 19.1 Å². The molecule has 3 fully saturated rings. The Morgan fingerprint density at radius 2 is 1.75 bits per heavy atom. The fourth-order valence-corrected chi connectivity index (χ4v) is 4.86. The van der Waals surface area contributed by atoms with Crippen molar-refractivity contribution in [2.24, 2.45) is 23.7 Å². The summed E-state index contributed by atoms with van der Waals surface area (Å²) >= 11 is 0. The van der Waals surface area contributed by atoms with E-state index in [0.717, 1.165) is 12.8 Å². The third-order valence-corrected chi connectivity index (χ3v) is 5.99. The van der Waals surface area contributed by atoms with Crippen LogP contribution in [0, 0.1) is 23.7 Å². The molecule has 2 saturated heterocycles. The van der Waals surface area contributed by atoms with E-state index in [1.807, 2.05) is 6.92 Å². The van der Waals surface area contributed by atoms with Gasteiger partial charge in [0.25, 0.3) is 0 Å². The first-order valence-corrected chi connectivity index (χ1v) is 9.05. The summed E-state index contributed by atoms with van der Waals surface area (Å²) in [6.45, 7) is 4.10. The summed E-state index contributed by atoms with van der Waals surface area (Å²) in [6.07, 6.45) is 6.38. The van der Waals surface area contributed by atoms with Gasteiger partial charge in [0.05, 0.1) is 25.0 Å². The number of carbonyl (C=O) groups is 3. The highest BCUT2D eigenvalue weighted by Crippen LogP contribution is 2.53. The number of imide groups is 1. The van der Waals surface area contributed by atoms with E-state index in [2.05, 4.69) is 12.2 Å². The second-order valence-electron chi connectivity index (χ2n) is 7.29. The Morgan fingerprint density at radius 3 is 2.29 bits per heavy atom. The number of nitrogens with zero attached hydrogens (tertiary/aromatic N) is 2. The summed E-state index contributed by atoms with van der Waals surface area (Å²) in [5.74, 6) is -0.441. The van der Waals surface area contributed by atoms with Crippen LogP contribution >= 0.6 is 0 Å². The van der Waals surface area contributed by atoms with Crippen LogP contribution in [0.25, 0.3) is 0 Å². The van der Waals surface area contributed by atoms with Crippen molar-refractivity contribution in [1.82, 2.24) is 9.80 Å². The zero-order chi connectivity index (χ0) is 16.8. The Kier molecular flexibility index (Phi) is 3.95. The van der Waals surface area contributed by atoms with E-state index in [1.165, 1.54) is 4.90 Å². The summed E-state index contributed by atoms with van der Waals surface area (Å²) in [6, 6.07) is -0.641. The third-order valence-electron chi connectivity index (χ3n) is 5.99. The molecule has 0 N–H and O–H groups in total. The van der Waals surface area contributed by atoms with Gasteiger partial charge in [-0.05, 0) is 24.7 Å². The Hall–Kier alpha value is -1.69. The van der Waals surface area contributed by atoms with Gasteiger partial charge in [0, 0.05) is 13.1 Å². The minimum Gasteiger partial charge on any atom is -0.378 e. The number of hydrogen-bond donors (Lipinski definition) is 0. The molecule has 0 aromatic carbocycles. The zero-order valence-corrected chi connectivity index (χ0v) is 14.0. The van der Waals surface area contributed by atoms with Crippen molar-refractivity contribution < 1.29 is 19.1 Å². The van der Waals surface area contributed by atoms with Crippen molar-refractivity contribution in [2.75, 3.05) is 26.3 Å². The Bertz CT molecular complexity index is 566. The van der Waals surface area contributed by atoms with Crippen molar-refractivity contribution in [3.63, 3.8) is 0 Å². The zero-order valence-electron chi connectivity index (χ0n) is 14.0. The average Bonchev–Trinajstić information content (AvgIpc) is 3.28. The quantitative estimate of drug-likeness (QED) is 0.565. The number of rotatable bonds is 4. The molecule has 6 heteroatoms. The highest BCUT2D eigenvalue weighted by molar-refractivity contribution is 6.09. The molecule has 2 bridgehead atoms. The lowest BCUT2D eigenvalue weighted by Gasteiger charge is -2.34. The van der Waals surface area contributed by atoms with Crippen molar-refractivity contribution >= 4 is 17.7 Å². The van der Waals surface area contributed by atoms with Crippen LogP contribution in [0.1, 0.15) is 26.2 Å². The fraction of sp³-hybridized carbons (Fsp3) is 0.722. The van der Waals surface area contributed by atoms with E-state index in [0.29, 0.717) is 32.7 Å². The van der Waals surface area contributed by atoms with Gasteiger partial charge in [-0.15, -0.1) is 0 Å². The maximum Gasteiger partial charge on any atom is 0.246 e. The number of carbonyl (C=O) groups excluding carboxylic acids is 3. The number of fused-ring (bicyclic) bond motifs is 5. The van der Waals surface area contributed by atoms with Crippen LogP contribution in [0.5, 0.6) is 0 Å². The molecule has 0 aromatic rings. The molecule has 4 aliphatic rings. The van der Waals surface area contributed by atoms with Crippen LogP contribution in [0.3, 0.4) is 0 Å². The Morgan fingerprint density at radius 1 is 1.17 bits per heavy atom. The minimum atomic E-state index is -0.641. The number of morpholine rings is 1. The third kappa shape index (κ3) is 2.23. The van der Waals surface area contributed by atoms with Crippen LogP contribution < -0.4 is 0 Å². The second-order valence-corrected chi connectivity index (χ2v) is 7.29. The summed E-state index contributed by atoms with van der Waals surface area (Å²) in [5.41, 5.74) is 0. The number of allylic oxidation sites excluding steroid dienone is 2. The first-order valence-electron chi connectivity index (χ1n) is 9.05. The molecule has 130 valence electrons. The average molecular weight is 332 g/mol. The summed E-state index contributed by atoms with van der Waals surface area (Å²) < 4.78 is 5.30. The second kappa shape index (κ2) is 5.99. The number of amides is 3. The minimum absolute atomic E-state index is 0.0953. The topological polar surface area (TPSA) is 66.9 Å². The molecule has 0 aromatic heterocycles. The highest BCUT2D eigenvalue weighted by Gasteiger charge is 2.61. The van der Waals surface area contributed by atoms with Crippen LogP contribution in [-0.4, -0.2) is 59.9 Å². The van der Waals surface area contributed by atoms with Crippen LogP contribution in [0.4, 0.5) is 0 Å². The molecule has 6 nitrogen and oxygen atoms in total. The SMILES string of the molecule is CCC[C@H](C(=O)N1CCOCC1)N1C(=O)[C@@H]2[C@@H](C1=O)[C@H]1C=C[C@@H]2C1. The van der Waals surface area contributed by atoms with E-state index in [4.69, 9.17) is 4.74 Å². The van der Waals surface area contributed by atoms with Gasteiger partial charge in [-0.1, -0.05) is 25.5 Å². The predicted octanol–water partition coefficient (Wildman–Crippen LogP) is 0.821. The Balaban J connectivity index is 1.58. The molecule has 4 rings (SSSR count). The van der Waals surface area contributed by atoms with Gasteiger partial charge in [-0.2, -0.15) is 0 Å². The van der Waals surface area contributed by atoms with E-state index in [-0.39, 0.29) is 41.4 Å². The first-order chi connectivity index (χ1) is 11.6. The smallest absolute Gasteiger partial charge is 0.246 e. The van der Waals surface area contributed by atoms with Crippen molar-refractivity contribution in [3.05, 3.63) is 12.2 Å². The van der Waals surface area contributed by atoms with E-state index in [9.17, 15) is 14.4 Å². The highest BCUT2D eigenvalue weighted by atomic mass is 16.5. The molecular weight excluding hydrogens is 308 g/mol. The van der Waals surface area contributed by atoms with Crippen LogP contribution in [0.2, 0.25) is 0 Å². The van der Waals surface area contributed by atoms with Gasteiger partial charge >= 0.3 is 0 Å². The molecular formula is C18H24N2O4. The lowest BCUT2D eigenvalue weighted by atomic mass is 9.85. The molecule has 0 radical (unpaired) electrons. The number of likely N-dealkylation sites (tertiary alicyclic amines) is 1. The lowest BCUT2D eigenvalue weighted by Crippen LogP contribution is -2.54. The van der Waals surface area contributed by atoms with Crippen molar-refractivity contribution in [2.45, 2.75) is 32.2 Å². The van der Waals surface area contributed by atoms with Gasteiger partial charge < -0.3 is 9.64 Å². The molecule has 0 spiro atoms. The molecule has 24 heavy (non-hydrogen) atoms. The summed E-state index contributed by atoms with van der Waals surface area (Å²) in [5, 5.41) is 0. The first kappa shape index (κ1) is 15.8. The number of ether oxygens (including phenoxy) is 1. The van der Waals surface area contributed by atoms with Crippen molar-refractivity contribution in [1.29, 1.82) is 0 Å². The molecule has 5 atom stereocenters. The monoisotopic (exact) mass is 332 g/mol. The molecule has 3 amide bonds. The van der Waals surface area contributed by atoms with Gasteiger partial charge in [0.1, 0.15) is 6.04 Å². The molecule has 2 aliphatic heterocycles. The standard InChI is InChI=1S/C18H24N2O4/c1-2-3-13(16(21)19-6-8-24-9-7-19)20-17(22)14-11-4-5-12(10-11)15(14)18(20)23/h4-5,11-15H,2-3,6-10H2,1H3/t11-,12+,13-,14+,15+/m1/s1. The molecule has 1 saturated carbocycles. The van der Waals surface area contributed by atoms with Gasteiger partial charge in [-0.25, -0.2) is 0 Å². The fourth-order valence-electron chi connectivity index (χ4n) is 4.86. The van der Waals surface area contributed by atoms with Crippen molar-refractivity contribution in [3.8, 4) is 0 Å². The van der Waals surface area contributed by atoms with Gasteiger partial charge in [0.15, 0.2) is 0 Å². The molecule has 2 heterocycles. The van der Waals surface area contributed by atoms with Gasteiger partial charge in [-0.3, -0.25) is 19.3 Å². The maximum absolute atomic E-state index is 13.0. The predicted molar refractivity (Wildman–Crippen MR) is 85.7 cm³/mol. The lowest BCUT2D eigenvalue weighted by molar-refractivity contribution is -0.154. The maximum atomic E-state index is 13.0. The summed E-state index contributed by atoms with van der Waals surface area (Å²) in [4.78, 5) is 42.0. The van der Waals surface area contributed by atoms with Gasteiger partial charge in [0.2, 0.25) is 17.7 Å². The van der Waals surface area contributed by atoms with E-state index in [1.54, 1.807) is 4.90 Å². The van der Waals surface area contributed by atoms with E-state index >= 15 is 0 Å². The largest absolute Gasteiger partial charge is 0.378 e. The van der Waals surface area contributed by atoms with E-state index < -0.39 is 6.04 Å².